The van der Waals surface area contributed by atoms with Crippen molar-refractivity contribution in [2.75, 3.05) is 11.9 Å². The van der Waals surface area contributed by atoms with Gasteiger partial charge in [0.05, 0.1) is 28.3 Å². The van der Waals surface area contributed by atoms with Gasteiger partial charge >= 0.3 is 0 Å². The van der Waals surface area contributed by atoms with Crippen LogP contribution < -0.4 is 15.8 Å². The zero-order valence-electron chi connectivity index (χ0n) is 15.1. The average molecular weight is 364 g/mol. The van der Waals surface area contributed by atoms with Crippen LogP contribution in [0.15, 0.2) is 54.6 Å². The molecule has 0 radical (unpaired) electrons. The molecule has 3 rings (SSSR count). The van der Waals surface area contributed by atoms with E-state index >= 15 is 0 Å². The molecule has 27 heavy (non-hydrogen) atoms. The van der Waals surface area contributed by atoms with Crippen LogP contribution in [0.4, 0.5) is 5.69 Å². The van der Waals surface area contributed by atoms with Crippen LogP contribution in [-0.2, 0) is 4.79 Å². The zero-order chi connectivity index (χ0) is 19.4. The maximum Gasteiger partial charge on any atom is 0.262 e. The van der Waals surface area contributed by atoms with Crippen molar-refractivity contribution in [3.63, 3.8) is 0 Å². The second-order valence-corrected chi connectivity index (χ2v) is 5.99. The number of nitrogens with two attached hydrogens (primary N) is 1. The number of anilines is 1. The molecule has 0 atom stereocenters. The number of para-hydroxylation sites is 2. The molecular weight excluding hydrogens is 344 g/mol. The summed E-state index contributed by atoms with van der Waals surface area (Å²) in [6.07, 6.45) is 0. The van der Waals surface area contributed by atoms with Crippen molar-refractivity contribution in [1.29, 1.82) is 0 Å². The molecule has 0 aliphatic carbocycles. The SMILES string of the molecule is Cc1nn(-c2ccccc2)c(C)c1NC(=O)COc1ccccc1C(N)=O. The molecular formula is C20H20N4O3. The zero-order valence-corrected chi connectivity index (χ0v) is 15.1. The van der Waals surface area contributed by atoms with Crippen LogP contribution in [0.2, 0.25) is 0 Å². The van der Waals surface area contributed by atoms with E-state index in [0.717, 1.165) is 11.4 Å². The maximum atomic E-state index is 12.3. The third-order valence-electron chi connectivity index (χ3n) is 4.07. The van der Waals surface area contributed by atoms with Crippen molar-refractivity contribution >= 4 is 17.5 Å². The van der Waals surface area contributed by atoms with Gasteiger partial charge in [-0.3, -0.25) is 9.59 Å². The van der Waals surface area contributed by atoms with Gasteiger partial charge in [-0.05, 0) is 38.1 Å². The maximum absolute atomic E-state index is 12.3. The highest BCUT2D eigenvalue weighted by atomic mass is 16.5. The van der Waals surface area contributed by atoms with Gasteiger partial charge in [0, 0.05) is 0 Å². The van der Waals surface area contributed by atoms with E-state index in [-0.39, 0.29) is 23.8 Å². The van der Waals surface area contributed by atoms with Gasteiger partial charge in [0.15, 0.2) is 6.61 Å². The Kier molecular flexibility index (Phi) is 5.21. The lowest BCUT2D eigenvalue weighted by Crippen LogP contribution is -2.22. The quantitative estimate of drug-likeness (QED) is 0.702. The molecule has 3 N–H and O–H groups in total. The molecule has 2 aromatic carbocycles. The second-order valence-electron chi connectivity index (χ2n) is 5.99. The fourth-order valence-corrected chi connectivity index (χ4v) is 2.76. The number of aryl methyl sites for hydroxylation is 1. The number of hydrogen-bond acceptors (Lipinski definition) is 4. The van der Waals surface area contributed by atoms with Gasteiger partial charge in [-0.15, -0.1) is 0 Å². The summed E-state index contributed by atoms with van der Waals surface area (Å²) in [5.41, 5.74) is 8.59. The minimum Gasteiger partial charge on any atom is -0.483 e. The monoisotopic (exact) mass is 364 g/mol. The predicted molar refractivity (Wildman–Crippen MR) is 102 cm³/mol. The Morgan fingerprint density at radius 3 is 2.44 bits per heavy atom. The summed E-state index contributed by atoms with van der Waals surface area (Å²) in [5.74, 6) is -0.691. The van der Waals surface area contributed by atoms with Crippen molar-refractivity contribution in [3.05, 3.63) is 71.5 Å². The first-order valence-corrected chi connectivity index (χ1v) is 8.40. The molecule has 0 fully saturated rings. The fraction of sp³-hybridized carbons (Fsp3) is 0.150. The number of primary amides is 1. The molecule has 0 bridgehead atoms. The number of ether oxygens (including phenoxy) is 1. The van der Waals surface area contributed by atoms with E-state index in [1.807, 2.05) is 44.2 Å². The molecule has 0 saturated heterocycles. The lowest BCUT2D eigenvalue weighted by molar-refractivity contribution is -0.118. The number of hydrogen-bond donors (Lipinski definition) is 2. The lowest BCUT2D eigenvalue weighted by Gasteiger charge is -2.10. The molecule has 0 saturated carbocycles. The standard InChI is InChI=1S/C20H20N4O3/c1-13-19(14(2)24(23-13)15-8-4-3-5-9-15)22-18(25)12-27-17-11-7-6-10-16(17)20(21)26/h3-11H,12H2,1-2H3,(H2,21,26)(H,22,25). The Hall–Kier alpha value is -3.61. The summed E-state index contributed by atoms with van der Waals surface area (Å²) >= 11 is 0. The molecule has 3 aromatic rings. The van der Waals surface area contributed by atoms with Gasteiger partial charge in [0.2, 0.25) is 0 Å². The van der Waals surface area contributed by atoms with E-state index in [1.165, 1.54) is 0 Å². The molecule has 0 unspecified atom stereocenters. The highest BCUT2D eigenvalue weighted by Crippen LogP contribution is 2.23. The Morgan fingerprint density at radius 1 is 1.07 bits per heavy atom. The van der Waals surface area contributed by atoms with E-state index in [9.17, 15) is 9.59 Å². The topological polar surface area (TPSA) is 99.2 Å². The minimum atomic E-state index is -0.609. The van der Waals surface area contributed by atoms with Crippen LogP contribution in [0.3, 0.4) is 0 Å². The number of nitrogens with zero attached hydrogens (tertiary/aromatic N) is 2. The number of amides is 2. The van der Waals surface area contributed by atoms with Crippen molar-refractivity contribution in [2.45, 2.75) is 13.8 Å². The highest BCUT2D eigenvalue weighted by Gasteiger charge is 2.16. The van der Waals surface area contributed by atoms with Gasteiger partial charge in [-0.1, -0.05) is 30.3 Å². The number of nitrogens with one attached hydrogen (secondary N) is 1. The van der Waals surface area contributed by atoms with Gasteiger partial charge in [0.1, 0.15) is 5.75 Å². The van der Waals surface area contributed by atoms with Gasteiger partial charge in [0.25, 0.3) is 11.8 Å². The van der Waals surface area contributed by atoms with E-state index in [2.05, 4.69) is 10.4 Å². The Balaban J connectivity index is 1.72. The Bertz CT molecular complexity index is 980. The van der Waals surface area contributed by atoms with E-state index in [1.54, 1.807) is 28.9 Å². The fourth-order valence-electron chi connectivity index (χ4n) is 2.76. The Labute approximate surface area is 156 Å². The summed E-state index contributed by atoms with van der Waals surface area (Å²) < 4.78 is 7.24. The summed E-state index contributed by atoms with van der Waals surface area (Å²) in [6, 6.07) is 16.2. The summed E-state index contributed by atoms with van der Waals surface area (Å²) in [4.78, 5) is 23.7. The van der Waals surface area contributed by atoms with Gasteiger partial charge in [-0.25, -0.2) is 4.68 Å². The molecule has 7 heteroatoms. The van der Waals surface area contributed by atoms with E-state index in [0.29, 0.717) is 11.4 Å². The molecule has 0 aliphatic heterocycles. The number of benzene rings is 2. The van der Waals surface area contributed by atoms with E-state index in [4.69, 9.17) is 10.5 Å². The van der Waals surface area contributed by atoms with Crippen LogP contribution in [0.5, 0.6) is 5.75 Å². The first kappa shape index (κ1) is 18.2. The molecule has 0 aliphatic rings. The Morgan fingerprint density at radius 2 is 1.74 bits per heavy atom. The van der Waals surface area contributed by atoms with Crippen molar-refractivity contribution in [2.24, 2.45) is 5.73 Å². The number of carbonyl (C=O) groups is 2. The van der Waals surface area contributed by atoms with Crippen LogP contribution >= 0.6 is 0 Å². The number of carbonyl (C=O) groups excluding carboxylic acids is 2. The first-order chi connectivity index (χ1) is 13.0. The third kappa shape index (κ3) is 3.98. The van der Waals surface area contributed by atoms with Crippen LogP contribution in [-0.4, -0.2) is 28.2 Å². The van der Waals surface area contributed by atoms with Crippen LogP contribution in [0.25, 0.3) is 5.69 Å². The smallest absolute Gasteiger partial charge is 0.262 e. The molecule has 1 aromatic heterocycles. The first-order valence-electron chi connectivity index (χ1n) is 8.40. The second kappa shape index (κ2) is 7.74. The van der Waals surface area contributed by atoms with Crippen molar-refractivity contribution in [3.8, 4) is 11.4 Å². The van der Waals surface area contributed by atoms with Gasteiger partial charge in [-0.2, -0.15) is 5.10 Å². The predicted octanol–water partition coefficient (Wildman–Crippen LogP) is 2.61. The number of aromatic nitrogens is 2. The van der Waals surface area contributed by atoms with Gasteiger partial charge < -0.3 is 15.8 Å². The molecule has 7 nitrogen and oxygen atoms in total. The normalized spacial score (nSPS) is 10.4. The van der Waals surface area contributed by atoms with Crippen LogP contribution in [0.1, 0.15) is 21.7 Å². The van der Waals surface area contributed by atoms with E-state index < -0.39 is 5.91 Å². The average Bonchev–Trinajstić information content (AvgIpc) is 2.95. The molecule has 138 valence electrons. The molecule has 1 heterocycles. The summed E-state index contributed by atoms with van der Waals surface area (Å²) in [5, 5.41) is 7.31. The summed E-state index contributed by atoms with van der Waals surface area (Å²) in [7, 11) is 0. The number of rotatable bonds is 6. The third-order valence-corrected chi connectivity index (χ3v) is 4.07. The largest absolute Gasteiger partial charge is 0.483 e. The lowest BCUT2D eigenvalue weighted by atomic mass is 10.2. The van der Waals surface area contributed by atoms with Crippen molar-refractivity contribution in [1.82, 2.24) is 9.78 Å². The highest BCUT2D eigenvalue weighted by molar-refractivity contribution is 5.96. The summed E-state index contributed by atoms with van der Waals surface area (Å²) in [6.45, 7) is 3.46. The molecule has 0 spiro atoms. The minimum absolute atomic E-state index is 0.231. The molecule has 2 amide bonds. The van der Waals surface area contributed by atoms with Crippen molar-refractivity contribution < 1.29 is 14.3 Å². The van der Waals surface area contributed by atoms with Crippen LogP contribution in [0, 0.1) is 13.8 Å².